The first-order valence-electron chi connectivity index (χ1n) is 8.52. The summed E-state index contributed by atoms with van der Waals surface area (Å²) in [4.78, 5) is 16.8. The van der Waals surface area contributed by atoms with Gasteiger partial charge in [0.25, 0.3) is 5.91 Å². The third kappa shape index (κ3) is 4.40. The van der Waals surface area contributed by atoms with Crippen molar-refractivity contribution in [2.45, 2.75) is 13.0 Å². The Labute approximate surface area is 157 Å². The maximum atomic E-state index is 13.2. The van der Waals surface area contributed by atoms with Gasteiger partial charge in [-0.05, 0) is 42.3 Å². The Morgan fingerprint density at radius 3 is 2.58 bits per heavy atom. The van der Waals surface area contributed by atoms with Crippen LogP contribution < -0.4 is 0 Å². The Bertz CT molecular complexity index is 832. The van der Waals surface area contributed by atoms with Crippen molar-refractivity contribution in [3.63, 3.8) is 0 Å². The maximum absolute atomic E-state index is 13.2. The summed E-state index contributed by atoms with van der Waals surface area (Å²) in [5.41, 5.74) is 2.14. The molecule has 1 heterocycles. The third-order valence-electron chi connectivity index (χ3n) is 4.53. The van der Waals surface area contributed by atoms with Crippen molar-refractivity contribution in [3.8, 4) is 6.07 Å². The minimum atomic E-state index is -0.448. The summed E-state index contributed by atoms with van der Waals surface area (Å²) in [6, 6.07) is 13.6. The second-order valence-electron chi connectivity index (χ2n) is 6.35. The van der Waals surface area contributed by atoms with Crippen LogP contribution in [0.1, 0.15) is 27.9 Å². The van der Waals surface area contributed by atoms with Crippen molar-refractivity contribution < 1.29 is 9.18 Å². The zero-order valence-electron chi connectivity index (χ0n) is 14.3. The first kappa shape index (κ1) is 18.4. The number of carbonyl (C=O) groups excluding carboxylic acids is 1. The Morgan fingerprint density at radius 1 is 1.12 bits per heavy atom. The molecule has 0 atom stereocenters. The van der Waals surface area contributed by atoms with Crippen molar-refractivity contribution in [2.75, 3.05) is 26.2 Å². The van der Waals surface area contributed by atoms with E-state index in [1.54, 1.807) is 4.90 Å². The zero-order chi connectivity index (χ0) is 18.5. The molecule has 4 nitrogen and oxygen atoms in total. The number of hydrogen-bond donors (Lipinski definition) is 0. The molecule has 1 amide bonds. The number of nitrogens with zero attached hydrogens (tertiary/aromatic N) is 3. The lowest BCUT2D eigenvalue weighted by Gasteiger charge is -2.22. The standard InChI is InChI=1S/C20H19ClFN3O/c21-19-12-17(22)6-7-18(19)20(26)25-9-1-8-24(10-11-25)14-16-4-2-15(13-23)3-5-16/h2-7,12H,1,8-11,14H2. The van der Waals surface area contributed by atoms with E-state index in [0.29, 0.717) is 24.2 Å². The van der Waals surface area contributed by atoms with Gasteiger partial charge in [-0.3, -0.25) is 9.69 Å². The fraction of sp³-hybridized carbons (Fsp3) is 0.300. The van der Waals surface area contributed by atoms with Crippen LogP contribution in [-0.4, -0.2) is 41.9 Å². The second-order valence-corrected chi connectivity index (χ2v) is 6.76. The highest BCUT2D eigenvalue weighted by atomic mass is 35.5. The predicted molar refractivity (Wildman–Crippen MR) is 98.4 cm³/mol. The summed E-state index contributed by atoms with van der Waals surface area (Å²) in [5, 5.41) is 9.02. The Hall–Kier alpha value is -2.42. The number of rotatable bonds is 3. The van der Waals surface area contributed by atoms with E-state index in [9.17, 15) is 9.18 Å². The lowest BCUT2D eigenvalue weighted by molar-refractivity contribution is 0.0761. The van der Waals surface area contributed by atoms with Gasteiger partial charge in [0.05, 0.1) is 22.2 Å². The van der Waals surface area contributed by atoms with Crippen LogP contribution in [0.3, 0.4) is 0 Å². The van der Waals surface area contributed by atoms with E-state index < -0.39 is 5.82 Å². The summed E-state index contributed by atoms with van der Waals surface area (Å²) in [5.74, 6) is -0.605. The number of carbonyl (C=O) groups is 1. The van der Waals surface area contributed by atoms with Crippen molar-refractivity contribution in [1.82, 2.24) is 9.80 Å². The molecule has 1 fully saturated rings. The fourth-order valence-electron chi connectivity index (χ4n) is 3.11. The van der Waals surface area contributed by atoms with Crippen molar-refractivity contribution >= 4 is 17.5 Å². The smallest absolute Gasteiger partial charge is 0.255 e. The van der Waals surface area contributed by atoms with Crippen LogP contribution in [0.15, 0.2) is 42.5 Å². The lowest BCUT2D eigenvalue weighted by atomic mass is 10.1. The van der Waals surface area contributed by atoms with E-state index in [0.717, 1.165) is 31.6 Å². The van der Waals surface area contributed by atoms with Gasteiger partial charge in [-0.15, -0.1) is 0 Å². The highest BCUT2D eigenvalue weighted by Crippen LogP contribution is 2.20. The first-order valence-corrected chi connectivity index (χ1v) is 8.90. The van der Waals surface area contributed by atoms with Crippen LogP contribution in [0.5, 0.6) is 0 Å². The van der Waals surface area contributed by atoms with Gasteiger partial charge >= 0.3 is 0 Å². The molecule has 0 spiro atoms. The summed E-state index contributed by atoms with van der Waals surface area (Å²) < 4.78 is 13.2. The highest BCUT2D eigenvalue weighted by molar-refractivity contribution is 6.33. The van der Waals surface area contributed by atoms with Crippen LogP contribution in [-0.2, 0) is 6.54 Å². The monoisotopic (exact) mass is 371 g/mol. The molecule has 1 aliphatic rings. The molecule has 2 aromatic carbocycles. The van der Waals surface area contributed by atoms with E-state index in [2.05, 4.69) is 11.0 Å². The Balaban J connectivity index is 1.62. The van der Waals surface area contributed by atoms with E-state index in [4.69, 9.17) is 16.9 Å². The van der Waals surface area contributed by atoms with Crippen LogP contribution in [0, 0.1) is 17.1 Å². The Kier molecular flexibility index (Phi) is 5.87. The van der Waals surface area contributed by atoms with Crippen LogP contribution in [0.4, 0.5) is 4.39 Å². The molecular formula is C20H19ClFN3O. The molecule has 0 saturated carbocycles. The van der Waals surface area contributed by atoms with E-state index in [-0.39, 0.29) is 10.9 Å². The minimum absolute atomic E-state index is 0.147. The molecule has 0 bridgehead atoms. The molecule has 0 radical (unpaired) electrons. The van der Waals surface area contributed by atoms with Crippen molar-refractivity contribution in [2.24, 2.45) is 0 Å². The molecule has 26 heavy (non-hydrogen) atoms. The van der Waals surface area contributed by atoms with Gasteiger partial charge in [0.15, 0.2) is 0 Å². The number of benzene rings is 2. The van der Waals surface area contributed by atoms with E-state index in [1.165, 1.54) is 18.2 Å². The summed E-state index contributed by atoms with van der Waals surface area (Å²) >= 11 is 6.02. The molecule has 6 heteroatoms. The summed E-state index contributed by atoms with van der Waals surface area (Å²) in [7, 11) is 0. The molecule has 134 valence electrons. The average molecular weight is 372 g/mol. The van der Waals surface area contributed by atoms with Crippen LogP contribution in [0.25, 0.3) is 0 Å². The zero-order valence-corrected chi connectivity index (χ0v) is 15.0. The molecule has 2 aromatic rings. The number of hydrogen-bond acceptors (Lipinski definition) is 3. The third-order valence-corrected chi connectivity index (χ3v) is 4.84. The Morgan fingerprint density at radius 2 is 1.88 bits per heavy atom. The van der Waals surface area contributed by atoms with Gasteiger partial charge < -0.3 is 4.90 Å². The topological polar surface area (TPSA) is 47.3 Å². The molecule has 3 rings (SSSR count). The van der Waals surface area contributed by atoms with Gasteiger partial charge in [0.1, 0.15) is 5.82 Å². The molecular weight excluding hydrogens is 353 g/mol. The molecule has 0 aromatic heterocycles. The van der Waals surface area contributed by atoms with Crippen LogP contribution >= 0.6 is 11.6 Å². The van der Waals surface area contributed by atoms with Gasteiger partial charge in [-0.2, -0.15) is 5.26 Å². The fourth-order valence-corrected chi connectivity index (χ4v) is 3.36. The van der Waals surface area contributed by atoms with Crippen molar-refractivity contribution in [3.05, 3.63) is 70.0 Å². The number of halogens is 2. The van der Waals surface area contributed by atoms with E-state index in [1.807, 2.05) is 24.3 Å². The summed E-state index contributed by atoms with van der Waals surface area (Å²) in [6.07, 6.45) is 0.862. The van der Waals surface area contributed by atoms with Gasteiger partial charge in [0.2, 0.25) is 0 Å². The normalized spacial score (nSPS) is 15.3. The minimum Gasteiger partial charge on any atom is -0.337 e. The lowest BCUT2D eigenvalue weighted by Crippen LogP contribution is -2.35. The second kappa shape index (κ2) is 8.31. The van der Waals surface area contributed by atoms with Gasteiger partial charge in [-0.1, -0.05) is 23.7 Å². The molecule has 1 saturated heterocycles. The molecule has 0 unspecified atom stereocenters. The number of amides is 1. The predicted octanol–water partition coefficient (Wildman–Crippen LogP) is 3.70. The molecule has 1 aliphatic heterocycles. The highest BCUT2D eigenvalue weighted by Gasteiger charge is 2.22. The van der Waals surface area contributed by atoms with Crippen LogP contribution in [0.2, 0.25) is 5.02 Å². The van der Waals surface area contributed by atoms with Gasteiger partial charge in [-0.25, -0.2) is 4.39 Å². The molecule has 0 N–H and O–H groups in total. The number of nitriles is 1. The van der Waals surface area contributed by atoms with Gasteiger partial charge in [0, 0.05) is 32.7 Å². The van der Waals surface area contributed by atoms with E-state index >= 15 is 0 Å². The average Bonchev–Trinajstić information content (AvgIpc) is 2.87. The SMILES string of the molecule is N#Cc1ccc(CN2CCCN(C(=O)c3ccc(F)cc3Cl)CC2)cc1. The first-order chi connectivity index (χ1) is 12.6. The molecule has 0 aliphatic carbocycles. The quantitative estimate of drug-likeness (QED) is 0.826. The largest absolute Gasteiger partial charge is 0.337 e. The summed E-state index contributed by atoms with van der Waals surface area (Å²) in [6.45, 7) is 3.68. The van der Waals surface area contributed by atoms with Crippen molar-refractivity contribution in [1.29, 1.82) is 5.26 Å². The maximum Gasteiger partial charge on any atom is 0.255 e.